The molecule has 0 amide bonds. The van der Waals surface area contributed by atoms with Crippen LogP contribution >= 0.6 is 23.2 Å². The molecular weight excluding hydrogens is 257 g/mol. The molecule has 2 nitrogen and oxygen atoms in total. The fourth-order valence-electron chi connectivity index (χ4n) is 2.53. The number of rotatable bonds is 2. The highest BCUT2D eigenvalue weighted by atomic mass is 35.5. The van der Waals surface area contributed by atoms with Crippen molar-refractivity contribution in [2.45, 2.75) is 37.6 Å². The molecule has 0 aliphatic heterocycles. The van der Waals surface area contributed by atoms with Gasteiger partial charge in [0.05, 0.1) is 12.1 Å². The van der Waals surface area contributed by atoms with Crippen LogP contribution in [0.15, 0.2) is 12.1 Å². The van der Waals surface area contributed by atoms with Crippen molar-refractivity contribution in [3.05, 3.63) is 27.7 Å². The highest BCUT2D eigenvalue weighted by Crippen LogP contribution is 2.42. The van der Waals surface area contributed by atoms with E-state index in [1.54, 1.807) is 13.2 Å². The molecule has 1 fully saturated rings. The molecule has 2 rings (SSSR count). The standard InChI is InChI=1S/C13H17Cl2NO/c1-17-11-8-9(14)7-10(12(11)15)13(16)5-3-2-4-6-13/h7-8H,2-6,16H2,1H3. The van der Waals surface area contributed by atoms with Crippen LogP contribution in [0.5, 0.6) is 5.75 Å². The van der Waals surface area contributed by atoms with Crippen LogP contribution in [0.1, 0.15) is 37.7 Å². The van der Waals surface area contributed by atoms with Crippen LogP contribution in [0.4, 0.5) is 0 Å². The van der Waals surface area contributed by atoms with E-state index in [0.717, 1.165) is 31.2 Å². The first-order chi connectivity index (χ1) is 8.07. The lowest BCUT2D eigenvalue weighted by Gasteiger charge is -2.35. The zero-order valence-corrected chi connectivity index (χ0v) is 11.4. The molecule has 1 aromatic carbocycles. The van der Waals surface area contributed by atoms with E-state index < -0.39 is 0 Å². The monoisotopic (exact) mass is 273 g/mol. The quantitative estimate of drug-likeness (QED) is 0.880. The average Bonchev–Trinajstić information content (AvgIpc) is 2.32. The van der Waals surface area contributed by atoms with Crippen molar-refractivity contribution < 1.29 is 4.74 Å². The molecule has 0 aromatic heterocycles. The Hall–Kier alpha value is -0.440. The van der Waals surface area contributed by atoms with Gasteiger partial charge in [0.25, 0.3) is 0 Å². The summed E-state index contributed by atoms with van der Waals surface area (Å²) in [6.07, 6.45) is 5.43. The summed E-state index contributed by atoms with van der Waals surface area (Å²) in [5.74, 6) is 0.601. The molecule has 1 saturated carbocycles. The molecule has 0 heterocycles. The molecule has 94 valence electrons. The minimum absolute atomic E-state index is 0.354. The van der Waals surface area contributed by atoms with Crippen LogP contribution in [-0.2, 0) is 5.54 Å². The topological polar surface area (TPSA) is 35.2 Å². The van der Waals surface area contributed by atoms with Gasteiger partial charge in [-0.15, -0.1) is 0 Å². The van der Waals surface area contributed by atoms with Gasteiger partial charge in [-0.1, -0.05) is 42.5 Å². The number of benzene rings is 1. The second-order valence-electron chi connectivity index (χ2n) is 4.69. The molecule has 0 spiro atoms. The smallest absolute Gasteiger partial charge is 0.139 e. The van der Waals surface area contributed by atoms with Gasteiger partial charge in [-0.05, 0) is 24.5 Å². The number of ether oxygens (including phenoxy) is 1. The van der Waals surface area contributed by atoms with Crippen molar-refractivity contribution in [3.63, 3.8) is 0 Å². The third-order valence-electron chi connectivity index (χ3n) is 3.51. The maximum Gasteiger partial charge on any atom is 0.139 e. The Morgan fingerprint density at radius 3 is 2.41 bits per heavy atom. The van der Waals surface area contributed by atoms with Crippen molar-refractivity contribution in [1.29, 1.82) is 0 Å². The van der Waals surface area contributed by atoms with Crippen molar-refractivity contribution >= 4 is 23.2 Å². The number of hydrogen-bond donors (Lipinski definition) is 1. The third kappa shape index (κ3) is 2.54. The van der Waals surface area contributed by atoms with E-state index >= 15 is 0 Å². The van der Waals surface area contributed by atoms with Gasteiger partial charge in [0.1, 0.15) is 5.75 Å². The molecule has 1 aromatic rings. The maximum atomic E-state index is 6.48. The number of halogens is 2. The van der Waals surface area contributed by atoms with Gasteiger partial charge in [0, 0.05) is 16.6 Å². The van der Waals surface area contributed by atoms with Gasteiger partial charge in [-0.25, -0.2) is 0 Å². The summed E-state index contributed by atoms with van der Waals surface area (Å²) in [5.41, 5.74) is 7.04. The van der Waals surface area contributed by atoms with E-state index in [0.29, 0.717) is 15.8 Å². The summed E-state index contributed by atoms with van der Waals surface area (Å²) >= 11 is 12.4. The van der Waals surface area contributed by atoms with Gasteiger partial charge in [0.2, 0.25) is 0 Å². The zero-order valence-electron chi connectivity index (χ0n) is 9.93. The van der Waals surface area contributed by atoms with Gasteiger partial charge in [0.15, 0.2) is 0 Å². The van der Waals surface area contributed by atoms with Gasteiger partial charge >= 0.3 is 0 Å². The third-order valence-corrected chi connectivity index (χ3v) is 4.11. The SMILES string of the molecule is COc1cc(Cl)cc(C2(N)CCCCC2)c1Cl. The molecule has 1 aliphatic carbocycles. The van der Waals surface area contributed by atoms with E-state index in [4.69, 9.17) is 33.7 Å². The van der Waals surface area contributed by atoms with E-state index in [9.17, 15) is 0 Å². The lowest BCUT2D eigenvalue weighted by molar-refractivity contribution is 0.301. The predicted octanol–water partition coefficient (Wildman–Crippen LogP) is 4.12. The number of methoxy groups -OCH3 is 1. The minimum Gasteiger partial charge on any atom is -0.495 e. The van der Waals surface area contributed by atoms with Crippen LogP contribution in [-0.4, -0.2) is 7.11 Å². The van der Waals surface area contributed by atoms with E-state index in [-0.39, 0.29) is 5.54 Å². The Labute approximate surface area is 112 Å². The number of nitrogens with two attached hydrogens (primary N) is 1. The summed E-state index contributed by atoms with van der Waals surface area (Å²) in [5, 5.41) is 1.22. The van der Waals surface area contributed by atoms with Crippen molar-refractivity contribution in [1.82, 2.24) is 0 Å². The second-order valence-corrected chi connectivity index (χ2v) is 5.50. The highest BCUT2D eigenvalue weighted by molar-refractivity contribution is 6.35. The van der Waals surface area contributed by atoms with Crippen LogP contribution in [0.3, 0.4) is 0 Å². The molecule has 0 radical (unpaired) electrons. The first-order valence-corrected chi connectivity index (χ1v) is 6.65. The molecule has 0 bridgehead atoms. The summed E-state index contributed by atoms with van der Waals surface area (Å²) in [6.45, 7) is 0. The Kier molecular flexibility index (Phi) is 3.86. The van der Waals surface area contributed by atoms with Crippen LogP contribution < -0.4 is 10.5 Å². The van der Waals surface area contributed by atoms with Crippen LogP contribution in [0, 0.1) is 0 Å². The first-order valence-electron chi connectivity index (χ1n) is 5.89. The minimum atomic E-state index is -0.354. The summed E-state index contributed by atoms with van der Waals surface area (Å²) in [6, 6.07) is 3.59. The molecule has 2 N–H and O–H groups in total. The lowest BCUT2D eigenvalue weighted by Crippen LogP contribution is -2.38. The van der Waals surface area contributed by atoms with Crippen LogP contribution in [0.25, 0.3) is 0 Å². The van der Waals surface area contributed by atoms with Crippen molar-refractivity contribution in [2.75, 3.05) is 7.11 Å². The fourth-order valence-corrected chi connectivity index (χ4v) is 3.11. The Morgan fingerprint density at radius 1 is 1.18 bits per heavy atom. The van der Waals surface area contributed by atoms with Gasteiger partial charge < -0.3 is 10.5 Å². The predicted molar refractivity (Wildman–Crippen MR) is 72.0 cm³/mol. The van der Waals surface area contributed by atoms with Crippen molar-refractivity contribution in [3.8, 4) is 5.75 Å². The van der Waals surface area contributed by atoms with Crippen molar-refractivity contribution in [2.24, 2.45) is 5.73 Å². The first kappa shape index (κ1) is 13.0. The van der Waals surface area contributed by atoms with Gasteiger partial charge in [-0.2, -0.15) is 0 Å². The Bertz CT molecular complexity index is 414. The largest absolute Gasteiger partial charge is 0.495 e. The normalized spacial score (nSPS) is 19.1. The Balaban J connectivity index is 2.46. The van der Waals surface area contributed by atoms with Gasteiger partial charge in [-0.3, -0.25) is 0 Å². The number of hydrogen-bond acceptors (Lipinski definition) is 2. The maximum absolute atomic E-state index is 6.48. The molecule has 0 unspecified atom stereocenters. The summed E-state index contributed by atoms with van der Waals surface area (Å²) < 4.78 is 5.23. The molecule has 0 saturated heterocycles. The Morgan fingerprint density at radius 2 is 1.82 bits per heavy atom. The zero-order chi connectivity index (χ0) is 12.5. The molecule has 17 heavy (non-hydrogen) atoms. The second kappa shape index (κ2) is 5.05. The molecule has 4 heteroatoms. The highest BCUT2D eigenvalue weighted by Gasteiger charge is 2.32. The summed E-state index contributed by atoms with van der Waals surface area (Å²) in [7, 11) is 1.59. The average molecular weight is 274 g/mol. The molecular formula is C13H17Cl2NO. The fraction of sp³-hybridized carbons (Fsp3) is 0.538. The molecule has 0 atom stereocenters. The lowest BCUT2D eigenvalue weighted by atomic mass is 9.77. The van der Waals surface area contributed by atoms with Crippen LogP contribution in [0.2, 0.25) is 10.0 Å². The summed E-state index contributed by atoms with van der Waals surface area (Å²) in [4.78, 5) is 0. The molecule has 1 aliphatic rings. The van der Waals surface area contributed by atoms with E-state index in [2.05, 4.69) is 0 Å². The van der Waals surface area contributed by atoms with E-state index in [1.165, 1.54) is 6.42 Å². The van der Waals surface area contributed by atoms with E-state index in [1.807, 2.05) is 6.07 Å².